The standard InChI is InChI=1S/C24H34O5S.K/c1-2-3-4-5-6-7-8-9-10-11-15-20-16-12-13-18-22(20)29-24-21(25)17-14-19-23(24)30(26,27)28;/h12-14,16-19,25H,2-11,15H2,1H3,(H,26,27,28);/q;+1/p-1. The molecule has 0 amide bonds. The summed E-state index contributed by atoms with van der Waals surface area (Å²) in [5, 5.41) is 12.1. The molecule has 0 saturated heterocycles. The molecule has 2 aromatic rings. The Morgan fingerprint density at radius 1 is 0.839 bits per heavy atom. The second-order valence-electron chi connectivity index (χ2n) is 7.70. The SMILES string of the molecule is CCCCCCCCCCCCc1ccccc1Oc1c([O-])cccc1S(=O)(=O)O.[K+]. The van der Waals surface area contributed by atoms with Crippen LogP contribution in [0.1, 0.15) is 76.7 Å². The molecule has 0 saturated carbocycles. The van der Waals surface area contributed by atoms with Crippen LogP contribution in [0.5, 0.6) is 17.2 Å². The molecule has 7 heteroatoms. The van der Waals surface area contributed by atoms with E-state index in [-0.39, 0.29) is 57.1 Å². The van der Waals surface area contributed by atoms with E-state index in [4.69, 9.17) is 4.74 Å². The third kappa shape index (κ3) is 10.4. The van der Waals surface area contributed by atoms with Crippen molar-refractivity contribution in [2.24, 2.45) is 0 Å². The van der Waals surface area contributed by atoms with Gasteiger partial charge in [-0.3, -0.25) is 4.55 Å². The molecule has 2 rings (SSSR count). The summed E-state index contributed by atoms with van der Waals surface area (Å²) in [6.07, 6.45) is 13.3. The van der Waals surface area contributed by atoms with Crippen molar-refractivity contribution in [2.75, 3.05) is 0 Å². The van der Waals surface area contributed by atoms with Crippen molar-refractivity contribution in [1.82, 2.24) is 0 Å². The molecule has 0 unspecified atom stereocenters. The number of hydrogen-bond donors (Lipinski definition) is 1. The Hall–Kier alpha value is -0.414. The van der Waals surface area contributed by atoms with Gasteiger partial charge in [0.15, 0.2) is 0 Å². The second-order valence-corrected chi connectivity index (χ2v) is 9.09. The van der Waals surface area contributed by atoms with E-state index in [2.05, 4.69) is 6.92 Å². The molecule has 5 nitrogen and oxygen atoms in total. The Balaban J connectivity index is 0.00000480. The van der Waals surface area contributed by atoms with Crippen molar-refractivity contribution in [3.05, 3.63) is 48.0 Å². The Labute approximate surface area is 229 Å². The van der Waals surface area contributed by atoms with Crippen LogP contribution in [0.25, 0.3) is 0 Å². The minimum atomic E-state index is -4.55. The van der Waals surface area contributed by atoms with Crippen LogP contribution in [0.4, 0.5) is 0 Å². The summed E-state index contributed by atoms with van der Waals surface area (Å²) in [4.78, 5) is -0.510. The van der Waals surface area contributed by atoms with Crippen molar-refractivity contribution < 1.29 is 74.2 Å². The first kappa shape index (κ1) is 28.6. The maximum atomic E-state index is 12.1. The van der Waals surface area contributed by atoms with Crippen LogP contribution in [0.15, 0.2) is 47.4 Å². The van der Waals surface area contributed by atoms with Gasteiger partial charge in [-0.05, 0) is 30.5 Å². The van der Waals surface area contributed by atoms with Crippen LogP contribution >= 0.6 is 0 Å². The molecule has 0 heterocycles. The number of para-hydroxylation sites is 2. The van der Waals surface area contributed by atoms with Gasteiger partial charge in [0.2, 0.25) is 0 Å². The van der Waals surface area contributed by atoms with Gasteiger partial charge in [-0.25, -0.2) is 0 Å². The van der Waals surface area contributed by atoms with Gasteiger partial charge in [0.25, 0.3) is 10.1 Å². The molecule has 0 aliphatic rings. The van der Waals surface area contributed by atoms with Crippen LogP contribution in [-0.2, 0) is 16.5 Å². The van der Waals surface area contributed by atoms with Crippen LogP contribution < -0.4 is 61.2 Å². The molecule has 2 aromatic carbocycles. The van der Waals surface area contributed by atoms with Crippen molar-refractivity contribution in [3.8, 4) is 17.2 Å². The van der Waals surface area contributed by atoms with Gasteiger partial charge in [-0.2, -0.15) is 8.42 Å². The normalized spacial score (nSPS) is 11.2. The van der Waals surface area contributed by atoms with E-state index in [1.165, 1.54) is 63.5 Å². The van der Waals surface area contributed by atoms with Crippen LogP contribution in [0.2, 0.25) is 0 Å². The number of rotatable bonds is 14. The van der Waals surface area contributed by atoms with E-state index in [1.807, 2.05) is 12.1 Å². The van der Waals surface area contributed by atoms with E-state index in [0.29, 0.717) is 5.75 Å². The number of aryl methyl sites for hydroxylation is 1. The molecule has 0 bridgehead atoms. The van der Waals surface area contributed by atoms with Crippen LogP contribution in [0, 0.1) is 0 Å². The van der Waals surface area contributed by atoms with Crippen LogP contribution in [-0.4, -0.2) is 13.0 Å². The molecule has 0 fully saturated rings. The summed E-state index contributed by atoms with van der Waals surface area (Å²) < 4.78 is 38.3. The maximum Gasteiger partial charge on any atom is 1.00 e. The van der Waals surface area contributed by atoms with Crippen molar-refractivity contribution >= 4 is 10.1 Å². The van der Waals surface area contributed by atoms with Gasteiger partial charge in [0.1, 0.15) is 16.4 Å². The van der Waals surface area contributed by atoms with E-state index in [1.54, 1.807) is 12.1 Å². The molecule has 0 spiro atoms. The van der Waals surface area contributed by atoms with E-state index >= 15 is 0 Å². The summed E-state index contributed by atoms with van der Waals surface area (Å²) in [5.74, 6) is -0.504. The molecule has 166 valence electrons. The van der Waals surface area contributed by atoms with Crippen LogP contribution in [0.3, 0.4) is 0 Å². The van der Waals surface area contributed by atoms with Crippen molar-refractivity contribution in [3.63, 3.8) is 0 Å². The Morgan fingerprint density at radius 2 is 1.42 bits per heavy atom. The van der Waals surface area contributed by atoms with Gasteiger partial charge in [0.05, 0.1) is 0 Å². The zero-order chi connectivity index (χ0) is 21.8. The first-order chi connectivity index (χ1) is 14.4. The van der Waals surface area contributed by atoms with Crippen molar-refractivity contribution in [2.45, 2.75) is 82.4 Å². The smallest absolute Gasteiger partial charge is 0.870 e. The molecular formula is C24H33KO5S. The third-order valence-corrected chi connectivity index (χ3v) is 6.08. The minimum Gasteiger partial charge on any atom is -0.870 e. The van der Waals surface area contributed by atoms with Gasteiger partial charge < -0.3 is 9.84 Å². The topological polar surface area (TPSA) is 86.7 Å². The summed E-state index contributed by atoms with van der Waals surface area (Å²) in [5.41, 5.74) is 0.918. The molecule has 31 heavy (non-hydrogen) atoms. The Kier molecular flexibility index (Phi) is 14.2. The summed E-state index contributed by atoms with van der Waals surface area (Å²) in [6.45, 7) is 2.23. The van der Waals surface area contributed by atoms with Gasteiger partial charge in [0, 0.05) is 0 Å². The molecule has 0 radical (unpaired) electrons. The zero-order valence-corrected chi connectivity index (χ0v) is 22.7. The first-order valence-electron chi connectivity index (χ1n) is 11.0. The minimum absolute atomic E-state index is 0. The zero-order valence-electron chi connectivity index (χ0n) is 18.8. The largest absolute Gasteiger partial charge is 1.00 e. The van der Waals surface area contributed by atoms with Crippen molar-refractivity contribution in [1.29, 1.82) is 0 Å². The first-order valence-corrected chi connectivity index (χ1v) is 12.4. The van der Waals surface area contributed by atoms with Gasteiger partial charge in [-0.1, -0.05) is 101 Å². The second kappa shape index (κ2) is 15.4. The number of hydrogen-bond acceptors (Lipinski definition) is 4. The number of benzene rings is 2. The average Bonchev–Trinajstić information content (AvgIpc) is 2.71. The third-order valence-electron chi connectivity index (χ3n) is 5.20. The fraction of sp³-hybridized carbons (Fsp3) is 0.500. The fourth-order valence-electron chi connectivity index (χ4n) is 3.52. The predicted octanol–water partition coefficient (Wildman–Crippen LogP) is 3.27. The summed E-state index contributed by atoms with van der Waals surface area (Å²) in [7, 11) is -4.55. The monoisotopic (exact) mass is 472 g/mol. The molecule has 0 atom stereocenters. The summed E-state index contributed by atoms with van der Waals surface area (Å²) >= 11 is 0. The number of ether oxygens (including phenoxy) is 1. The van der Waals surface area contributed by atoms with Gasteiger partial charge in [-0.15, -0.1) is 0 Å². The van der Waals surface area contributed by atoms with Gasteiger partial charge >= 0.3 is 51.4 Å². The fourth-order valence-corrected chi connectivity index (χ4v) is 4.15. The molecule has 0 aromatic heterocycles. The Morgan fingerprint density at radius 3 is 2.03 bits per heavy atom. The van der Waals surface area contributed by atoms with E-state index in [9.17, 15) is 18.1 Å². The molecule has 1 N–H and O–H groups in total. The Bertz CT molecular complexity index is 883. The molecule has 0 aliphatic carbocycles. The quantitative estimate of drug-likeness (QED) is 0.259. The predicted molar refractivity (Wildman–Crippen MR) is 118 cm³/mol. The van der Waals surface area contributed by atoms with E-state index < -0.39 is 20.8 Å². The molecular weight excluding hydrogens is 439 g/mol. The van der Waals surface area contributed by atoms with E-state index in [0.717, 1.165) is 30.9 Å². The molecule has 0 aliphatic heterocycles. The average molecular weight is 473 g/mol. The number of unbranched alkanes of at least 4 members (excludes halogenated alkanes) is 9. The maximum absolute atomic E-state index is 12.1. The summed E-state index contributed by atoms with van der Waals surface area (Å²) in [6, 6.07) is 11.0.